The summed E-state index contributed by atoms with van der Waals surface area (Å²) < 4.78 is 88.2. The van der Waals surface area contributed by atoms with Crippen molar-refractivity contribution in [3.63, 3.8) is 0 Å². The van der Waals surface area contributed by atoms with E-state index in [0.717, 1.165) is 0 Å². The smallest absolute Gasteiger partial charge is 0.390 e. The fraction of sp³-hybridized carbons (Fsp3) is 0.360. The van der Waals surface area contributed by atoms with Crippen LogP contribution in [-0.2, 0) is 10.0 Å². The molecule has 0 bridgehead atoms. The Balaban J connectivity index is 1.55. The Bertz CT molecular complexity index is 1590. The van der Waals surface area contributed by atoms with Gasteiger partial charge in [-0.15, -0.1) is 11.3 Å². The average molecular weight is 584 g/mol. The number of fused-ring (bicyclic) bond motifs is 1. The molecular formula is C25H25F4N5O3S2. The lowest BCUT2D eigenvalue weighted by molar-refractivity contribution is -0.140. The van der Waals surface area contributed by atoms with Crippen LogP contribution in [0.2, 0.25) is 0 Å². The standard InChI is InChI=1S/C25H25F4N5O3S2/c1-16-31-24(15-38-16)39(35,36)33-10-9-32(8-7-25(27,28)29)22(14-33)20-11-17-13-30-34(21(17)12-23(20)37-2)19-5-3-18(26)4-6-19/h3-6,11-13,15,22H,7-10,14H2,1-2H3. The minimum atomic E-state index is -4.36. The third kappa shape index (κ3) is 5.64. The van der Waals surface area contributed by atoms with Crippen molar-refractivity contribution in [2.24, 2.45) is 0 Å². The summed E-state index contributed by atoms with van der Waals surface area (Å²) in [4.78, 5) is 5.76. The number of thiazole rings is 1. The zero-order valence-corrected chi connectivity index (χ0v) is 22.7. The lowest BCUT2D eigenvalue weighted by Crippen LogP contribution is -2.51. The Morgan fingerprint density at radius 1 is 1.15 bits per heavy atom. The molecule has 0 radical (unpaired) electrons. The molecule has 1 aliphatic rings. The summed E-state index contributed by atoms with van der Waals surface area (Å²) in [7, 11) is -2.51. The van der Waals surface area contributed by atoms with Crippen molar-refractivity contribution in [1.82, 2.24) is 24.0 Å². The summed E-state index contributed by atoms with van der Waals surface area (Å²) in [5.74, 6) is -0.0178. The maximum atomic E-state index is 13.4. The Morgan fingerprint density at radius 2 is 1.90 bits per heavy atom. The van der Waals surface area contributed by atoms with E-state index >= 15 is 0 Å². The number of methoxy groups -OCH3 is 1. The highest BCUT2D eigenvalue weighted by Crippen LogP contribution is 2.38. The van der Waals surface area contributed by atoms with E-state index in [9.17, 15) is 26.0 Å². The van der Waals surface area contributed by atoms with E-state index in [4.69, 9.17) is 4.74 Å². The first-order chi connectivity index (χ1) is 18.5. The van der Waals surface area contributed by atoms with Crippen LogP contribution < -0.4 is 4.74 Å². The largest absolute Gasteiger partial charge is 0.496 e. The van der Waals surface area contributed by atoms with Gasteiger partial charge >= 0.3 is 6.18 Å². The topological polar surface area (TPSA) is 80.6 Å². The molecule has 208 valence electrons. The van der Waals surface area contributed by atoms with Crippen LogP contribution >= 0.6 is 11.3 Å². The van der Waals surface area contributed by atoms with Crippen LogP contribution in [0.15, 0.2) is 53.0 Å². The molecule has 3 heterocycles. The van der Waals surface area contributed by atoms with Crippen LogP contribution in [0.3, 0.4) is 0 Å². The van der Waals surface area contributed by atoms with Crippen molar-refractivity contribution in [3.05, 3.63) is 64.4 Å². The molecule has 2 aromatic heterocycles. The first kappa shape index (κ1) is 27.5. The van der Waals surface area contributed by atoms with Crippen molar-refractivity contribution >= 4 is 32.3 Å². The molecule has 8 nitrogen and oxygen atoms in total. The molecule has 5 rings (SSSR count). The van der Waals surface area contributed by atoms with E-state index in [2.05, 4.69) is 10.1 Å². The molecule has 39 heavy (non-hydrogen) atoms. The highest BCUT2D eigenvalue weighted by atomic mass is 32.2. The van der Waals surface area contributed by atoms with Crippen molar-refractivity contribution in [3.8, 4) is 11.4 Å². The predicted octanol–water partition coefficient (Wildman–Crippen LogP) is 4.94. The number of rotatable bonds is 7. The lowest BCUT2D eigenvalue weighted by Gasteiger charge is -2.41. The molecule has 1 aliphatic heterocycles. The molecule has 14 heteroatoms. The summed E-state index contributed by atoms with van der Waals surface area (Å²) in [6.07, 6.45) is -3.80. The van der Waals surface area contributed by atoms with Crippen LogP contribution in [0, 0.1) is 12.7 Å². The van der Waals surface area contributed by atoms with Gasteiger partial charge in [0.05, 0.1) is 42.0 Å². The Labute approximate surface area is 226 Å². The molecule has 4 aromatic rings. The van der Waals surface area contributed by atoms with Gasteiger partial charge in [0, 0.05) is 48.6 Å². The average Bonchev–Trinajstić information content (AvgIpc) is 3.53. The minimum absolute atomic E-state index is 0.0281. The lowest BCUT2D eigenvalue weighted by atomic mass is 10.00. The van der Waals surface area contributed by atoms with Crippen LogP contribution in [0.4, 0.5) is 17.6 Å². The third-order valence-electron chi connectivity index (χ3n) is 6.69. The monoisotopic (exact) mass is 583 g/mol. The molecular weight excluding hydrogens is 558 g/mol. The number of piperazine rings is 1. The number of benzene rings is 2. The minimum Gasteiger partial charge on any atom is -0.496 e. The molecule has 1 unspecified atom stereocenters. The number of hydrogen-bond donors (Lipinski definition) is 0. The van der Waals surface area contributed by atoms with Gasteiger partial charge in [-0.1, -0.05) is 0 Å². The number of alkyl halides is 3. The van der Waals surface area contributed by atoms with Crippen molar-refractivity contribution in [2.45, 2.75) is 30.6 Å². The van der Waals surface area contributed by atoms with Crippen LogP contribution in [0.5, 0.6) is 5.75 Å². The van der Waals surface area contributed by atoms with Crippen LogP contribution in [-0.4, -0.2) is 71.9 Å². The predicted molar refractivity (Wildman–Crippen MR) is 138 cm³/mol. The fourth-order valence-electron chi connectivity index (χ4n) is 4.74. The number of ether oxygens (including phenoxy) is 1. The maximum Gasteiger partial charge on any atom is 0.390 e. The number of halogens is 4. The van der Waals surface area contributed by atoms with Gasteiger partial charge in [0.25, 0.3) is 10.0 Å². The Kier molecular flexibility index (Phi) is 7.39. The second-order valence-corrected chi connectivity index (χ2v) is 12.1. The van der Waals surface area contributed by atoms with E-state index < -0.39 is 34.5 Å². The van der Waals surface area contributed by atoms with Crippen LogP contribution in [0.1, 0.15) is 23.0 Å². The summed E-state index contributed by atoms with van der Waals surface area (Å²) in [5, 5.41) is 7.06. The number of aromatic nitrogens is 3. The fourth-order valence-corrected chi connectivity index (χ4v) is 7.08. The van der Waals surface area contributed by atoms with Gasteiger partial charge in [0.2, 0.25) is 0 Å². The quantitative estimate of drug-likeness (QED) is 0.287. The number of nitrogens with zero attached hydrogens (tertiary/aromatic N) is 5. The van der Waals surface area contributed by atoms with Gasteiger partial charge < -0.3 is 4.74 Å². The summed E-state index contributed by atoms with van der Waals surface area (Å²) in [5.41, 5.74) is 1.80. The van der Waals surface area contributed by atoms with Gasteiger partial charge in [-0.2, -0.15) is 22.6 Å². The van der Waals surface area contributed by atoms with Gasteiger partial charge in [-0.25, -0.2) is 22.5 Å². The second kappa shape index (κ2) is 10.5. The Morgan fingerprint density at radius 3 is 2.54 bits per heavy atom. The molecule has 0 spiro atoms. The summed E-state index contributed by atoms with van der Waals surface area (Å²) in [6, 6.07) is 8.53. The molecule has 0 amide bonds. The van der Waals surface area contributed by atoms with Gasteiger partial charge in [0.1, 0.15) is 11.6 Å². The first-order valence-corrected chi connectivity index (χ1v) is 14.3. The molecule has 2 aromatic carbocycles. The Hall–Kier alpha value is -3.07. The molecule has 0 aliphatic carbocycles. The molecule has 1 atom stereocenters. The van der Waals surface area contributed by atoms with E-state index in [1.807, 2.05) is 0 Å². The second-order valence-electron chi connectivity index (χ2n) is 9.17. The molecule has 1 saturated heterocycles. The van der Waals surface area contributed by atoms with Gasteiger partial charge in [-0.05, 0) is 37.3 Å². The van der Waals surface area contributed by atoms with E-state index in [0.29, 0.717) is 32.9 Å². The van der Waals surface area contributed by atoms with E-state index in [1.165, 1.54) is 40.3 Å². The molecule has 0 N–H and O–H groups in total. The number of hydrogen-bond acceptors (Lipinski definition) is 7. The molecule has 0 saturated carbocycles. The first-order valence-electron chi connectivity index (χ1n) is 12.0. The number of aryl methyl sites for hydroxylation is 1. The summed E-state index contributed by atoms with van der Waals surface area (Å²) in [6.45, 7) is 1.45. The SMILES string of the molecule is COc1cc2c(cnn2-c2ccc(F)cc2)cc1C1CN(S(=O)(=O)c2csc(C)n2)CCN1CCC(F)(F)F. The zero-order chi connectivity index (χ0) is 27.9. The van der Waals surface area contributed by atoms with Crippen molar-refractivity contribution in [2.75, 3.05) is 33.3 Å². The normalized spacial score (nSPS) is 17.6. The van der Waals surface area contributed by atoms with E-state index in [-0.39, 0.29) is 31.2 Å². The highest BCUT2D eigenvalue weighted by molar-refractivity contribution is 7.89. The van der Waals surface area contributed by atoms with Crippen molar-refractivity contribution < 1.29 is 30.7 Å². The van der Waals surface area contributed by atoms with Crippen molar-refractivity contribution in [1.29, 1.82) is 0 Å². The summed E-state index contributed by atoms with van der Waals surface area (Å²) >= 11 is 1.21. The zero-order valence-electron chi connectivity index (χ0n) is 21.0. The van der Waals surface area contributed by atoms with Gasteiger partial charge in [-0.3, -0.25) is 4.90 Å². The molecule has 1 fully saturated rings. The maximum absolute atomic E-state index is 13.4. The number of sulfonamides is 1. The highest BCUT2D eigenvalue weighted by Gasteiger charge is 2.39. The van der Waals surface area contributed by atoms with Crippen LogP contribution in [0.25, 0.3) is 16.6 Å². The van der Waals surface area contributed by atoms with E-state index in [1.54, 1.807) is 47.0 Å². The van der Waals surface area contributed by atoms with Gasteiger partial charge in [0.15, 0.2) is 5.03 Å². The third-order valence-corrected chi connectivity index (χ3v) is 9.36.